The van der Waals surface area contributed by atoms with Crippen LogP contribution in [0.25, 0.3) is 0 Å². The van der Waals surface area contributed by atoms with E-state index in [9.17, 15) is 14.4 Å². The zero-order valence-electron chi connectivity index (χ0n) is 9.63. The summed E-state index contributed by atoms with van der Waals surface area (Å²) in [6.07, 6.45) is 3.63. The van der Waals surface area contributed by atoms with Crippen LogP contribution in [0.2, 0.25) is 0 Å². The van der Waals surface area contributed by atoms with Gasteiger partial charge in [-0.3, -0.25) is 9.59 Å². The van der Waals surface area contributed by atoms with Crippen LogP contribution >= 0.6 is 11.8 Å². The lowest BCUT2D eigenvalue weighted by atomic mass is 10.2. The molecule has 1 rings (SSSR count). The summed E-state index contributed by atoms with van der Waals surface area (Å²) < 4.78 is 0. The number of rotatable bonds is 8. The Kier molecular flexibility index (Phi) is 6.04. The second kappa shape index (κ2) is 7.32. The molecule has 17 heavy (non-hydrogen) atoms. The number of likely N-dealkylation sites (tertiary alicyclic amines) is 1. The fourth-order valence-electron chi connectivity index (χ4n) is 1.83. The Bertz CT molecular complexity index is 295. The minimum Gasteiger partial charge on any atom is -0.481 e. The van der Waals surface area contributed by atoms with Crippen molar-refractivity contribution in [2.24, 2.45) is 0 Å². The van der Waals surface area contributed by atoms with Gasteiger partial charge in [-0.1, -0.05) is 0 Å². The molecule has 0 saturated carbocycles. The fraction of sp³-hybridized carbons (Fsp3) is 0.727. The molecule has 0 bridgehead atoms. The molecule has 0 aromatic rings. The van der Waals surface area contributed by atoms with Crippen molar-refractivity contribution in [3.63, 3.8) is 0 Å². The largest absolute Gasteiger partial charge is 0.481 e. The van der Waals surface area contributed by atoms with Gasteiger partial charge in [-0.05, 0) is 25.0 Å². The molecule has 0 spiro atoms. The lowest BCUT2D eigenvalue weighted by Crippen LogP contribution is -2.34. The maximum absolute atomic E-state index is 11.4. The number of hydrogen-bond acceptors (Lipinski definition) is 4. The summed E-state index contributed by atoms with van der Waals surface area (Å²) in [7, 11) is 0. The molecule has 0 radical (unpaired) electrons. The van der Waals surface area contributed by atoms with Gasteiger partial charge < -0.3 is 14.8 Å². The monoisotopic (exact) mass is 259 g/mol. The van der Waals surface area contributed by atoms with Gasteiger partial charge in [-0.15, -0.1) is 0 Å². The number of carboxylic acids is 1. The standard InChI is InChI=1S/C11H17NO4S/c13-7-9-3-4-10(14)12(9)5-1-2-6-17-8-11(15)16/h7,9H,1-6,8H2,(H,15,16)/t9-/m1/s1. The van der Waals surface area contributed by atoms with E-state index in [4.69, 9.17) is 5.11 Å². The molecule has 0 aromatic carbocycles. The molecule has 6 heteroatoms. The van der Waals surface area contributed by atoms with Crippen LogP contribution in [0.1, 0.15) is 25.7 Å². The molecule has 1 heterocycles. The number of carbonyl (C=O) groups excluding carboxylic acids is 2. The Morgan fingerprint density at radius 1 is 1.53 bits per heavy atom. The van der Waals surface area contributed by atoms with Gasteiger partial charge >= 0.3 is 5.97 Å². The Balaban J connectivity index is 2.11. The minimum absolute atomic E-state index is 0.0558. The van der Waals surface area contributed by atoms with E-state index in [1.54, 1.807) is 4.90 Å². The molecule has 1 aliphatic rings. The van der Waals surface area contributed by atoms with Crippen LogP contribution in [0.15, 0.2) is 0 Å². The highest BCUT2D eigenvalue weighted by molar-refractivity contribution is 7.99. The number of carbonyl (C=O) groups is 3. The topological polar surface area (TPSA) is 74.7 Å². The van der Waals surface area contributed by atoms with Gasteiger partial charge in [0.1, 0.15) is 6.29 Å². The zero-order chi connectivity index (χ0) is 12.7. The van der Waals surface area contributed by atoms with E-state index >= 15 is 0 Å². The van der Waals surface area contributed by atoms with Crippen molar-refractivity contribution in [2.75, 3.05) is 18.1 Å². The number of unbranched alkanes of at least 4 members (excludes halogenated alkanes) is 1. The van der Waals surface area contributed by atoms with Crippen molar-refractivity contribution in [1.29, 1.82) is 0 Å². The summed E-state index contributed by atoms with van der Waals surface area (Å²) in [6.45, 7) is 0.607. The first kappa shape index (κ1) is 14.0. The molecule has 1 amide bonds. The fourth-order valence-corrected chi connectivity index (χ4v) is 2.56. The molecular weight excluding hydrogens is 242 g/mol. The first-order valence-corrected chi connectivity index (χ1v) is 6.85. The van der Waals surface area contributed by atoms with Crippen molar-refractivity contribution >= 4 is 29.9 Å². The van der Waals surface area contributed by atoms with E-state index in [-0.39, 0.29) is 17.7 Å². The van der Waals surface area contributed by atoms with E-state index in [1.807, 2.05) is 0 Å². The van der Waals surface area contributed by atoms with E-state index in [0.29, 0.717) is 19.4 Å². The van der Waals surface area contributed by atoms with Crippen molar-refractivity contribution < 1.29 is 19.5 Å². The smallest absolute Gasteiger partial charge is 0.313 e. The summed E-state index contributed by atoms with van der Waals surface area (Å²) in [5, 5.41) is 8.43. The summed E-state index contributed by atoms with van der Waals surface area (Å²) in [5.74, 6) is 0.158. The highest BCUT2D eigenvalue weighted by Crippen LogP contribution is 2.17. The third-order valence-electron chi connectivity index (χ3n) is 2.69. The Morgan fingerprint density at radius 2 is 2.29 bits per heavy atom. The molecule has 1 N–H and O–H groups in total. The Morgan fingerprint density at radius 3 is 2.94 bits per heavy atom. The number of thioether (sulfide) groups is 1. The van der Waals surface area contributed by atoms with Crippen molar-refractivity contribution in [2.45, 2.75) is 31.7 Å². The van der Waals surface area contributed by atoms with Crippen molar-refractivity contribution in [3.8, 4) is 0 Å². The van der Waals surface area contributed by atoms with Gasteiger partial charge in [0, 0.05) is 13.0 Å². The van der Waals surface area contributed by atoms with E-state index in [1.165, 1.54) is 11.8 Å². The average Bonchev–Trinajstić information content (AvgIpc) is 2.64. The molecule has 5 nitrogen and oxygen atoms in total. The highest BCUT2D eigenvalue weighted by atomic mass is 32.2. The lowest BCUT2D eigenvalue weighted by molar-refractivity contribution is -0.134. The van der Waals surface area contributed by atoms with Gasteiger partial charge in [0.2, 0.25) is 5.91 Å². The number of aldehydes is 1. The average molecular weight is 259 g/mol. The number of amides is 1. The van der Waals surface area contributed by atoms with Crippen LogP contribution in [-0.4, -0.2) is 52.3 Å². The summed E-state index contributed by atoms with van der Waals surface area (Å²) >= 11 is 1.38. The number of aliphatic carboxylic acids is 1. The van der Waals surface area contributed by atoms with E-state index < -0.39 is 5.97 Å². The normalized spacial score (nSPS) is 19.6. The van der Waals surface area contributed by atoms with Gasteiger partial charge in [0.25, 0.3) is 0 Å². The first-order valence-electron chi connectivity index (χ1n) is 5.69. The maximum Gasteiger partial charge on any atom is 0.313 e. The van der Waals surface area contributed by atoms with Crippen LogP contribution in [0, 0.1) is 0 Å². The molecule has 1 aliphatic heterocycles. The van der Waals surface area contributed by atoms with Gasteiger partial charge in [-0.2, -0.15) is 11.8 Å². The lowest BCUT2D eigenvalue weighted by Gasteiger charge is -2.20. The molecule has 0 aliphatic carbocycles. The third kappa shape index (κ3) is 4.77. The zero-order valence-corrected chi connectivity index (χ0v) is 10.4. The summed E-state index contributed by atoms with van der Waals surface area (Å²) in [5.41, 5.74) is 0. The van der Waals surface area contributed by atoms with Crippen molar-refractivity contribution in [3.05, 3.63) is 0 Å². The Hall–Kier alpha value is -1.04. The second-order valence-electron chi connectivity index (χ2n) is 3.98. The number of nitrogens with zero attached hydrogens (tertiary/aromatic N) is 1. The van der Waals surface area contributed by atoms with Gasteiger partial charge in [0.05, 0.1) is 11.8 Å². The minimum atomic E-state index is -0.800. The molecule has 1 fully saturated rings. The van der Waals surface area contributed by atoms with Crippen LogP contribution in [0.3, 0.4) is 0 Å². The summed E-state index contributed by atoms with van der Waals surface area (Å²) in [6, 6.07) is -0.242. The third-order valence-corrected chi connectivity index (χ3v) is 3.72. The number of carboxylic acid groups (broad SMARTS) is 1. The molecule has 0 unspecified atom stereocenters. The molecule has 1 atom stereocenters. The second-order valence-corrected chi connectivity index (χ2v) is 5.09. The Labute approximate surface area is 105 Å². The molecule has 96 valence electrons. The van der Waals surface area contributed by atoms with E-state index in [0.717, 1.165) is 24.9 Å². The molecule has 0 aromatic heterocycles. The molecule has 1 saturated heterocycles. The van der Waals surface area contributed by atoms with Crippen LogP contribution in [-0.2, 0) is 14.4 Å². The van der Waals surface area contributed by atoms with E-state index in [2.05, 4.69) is 0 Å². The SMILES string of the molecule is O=C[C@H]1CCC(=O)N1CCCCSCC(=O)O. The van der Waals surface area contributed by atoms with Crippen LogP contribution in [0.5, 0.6) is 0 Å². The van der Waals surface area contributed by atoms with Gasteiger partial charge in [0.15, 0.2) is 0 Å². The molecular formula is C11H17NO4S. The highest BCUT2D eigenvalue weighted by Gasteiger charge is 2.29. The predicted octanol–water partition coefficient (Wildman–Crippen LogP) is 0.774. The number of hydrogen-bond donors (Lipinski definition) is 1. The predicted molar refractivity (Wildman–Crippen MR) is 65.0 cm³/mol. The quantitative estimate of drug-likeness (QED) is 0.515. The van der Waals surface area contributed by atoms with Gasteiger partial charge in [-0.25, -0.2) is 0 Å². The van der Waals surface area contributed by atoms with Crippen LogP contribution < -0.4 is 0 Å². The maximum atomic E-state index is 11.4. The van der Waals surface area contributed by atoms with Crippen molar-refractivity contribution in [1.82, 2.24) is 4.90 Å². The summed E-state index contributed by atoms with van der Waals surface area (Å²) in [4.78, 5) is 34.0. The first-order chi connectivity index (χ1) is 8.15. The van der Waals surface area contributed by atoms with Crippen LogP contribution in [0.4, 0.5) is 0 Å².